The number of hydrogen-bond acceptors (Lipinski definition) is 2. The van der Waals surface area contributed by atoms with Gasteiger partial charge in [0.15, 0.2) is 0 Å². The zero-order valence-corrected chi connectivity index (χ0v) is 12.3. The Balaban J connectivity index is 2.36. The molecule has 0 amide bonds. The van der Waals surface area contributed by atoms with Crippen LogP contribution in [0.1, 0.15) is 33.1 Å². The molecule has 0 saturated heterocycles. The monoisotopic (exact) mass is 311 g/mol. The van der Waals surface area contributed by atoms with Crippen molar-refractivity contribution in [1.82, 2.24) is 0 Å². The molecule has 1 aromatic carbocycles. The normalized spacial score (nSPS) is 25.9. The van der Waals surface area contributed by atoms with E-state index in [1.807, 2.05) is 38.1 Å². The Labute approximate surface area is 116 Å². The van der Waals surface area contributed by atoms with Crippen molar-refractivity contribution in [2.75, 3.05) is 5.32 Å². The molecule has 18 heavy (non-hydrogen) atoms. The first-order valence-corrected chi connectivity index (χ1v) is 6.94. The number of anilines is 1. The van der Waals surface area contributed by atoms with Crippen molar-refractivity contribution in [2.45, 2.75) is 38.6 Å². The van der Waals surface area contributed by atoms with Crippen LogP contribution in [0.5, 0.6) is 0 Å². The van der Waals surface area contributed by atoms with Crippen molar-refractivity contribution in [2.24, 2.45) is 5.41 Å². The summed E-state index contributed by atoms with van der Waals surface area (Å²) in [6.45, 7) is 4.05. The van der Waals surface area contributed by atoms with E-state index in [2.05, 4.69) is 21.2 Å². The van der Waals surface area contributed by atoms with Gasteiger partial charge in [-0.05, 0) is 42.9 Å². The lowest BCUT2D eigenvalue weighted by Gasteiger charge is -2.39. The van der Waals surface area contributed by atoms with E-state index in [1.165, 1.54) is 0 Å². The predicted octanol–water partition coefficient (Wildman–Crippen LogP) is 3.89. The van der Waals surface area contributed by atoms with E-state index < -0.39 is 11.5 Å². The predicted molar refractivity (Wildman–Crippen MR) is 75.8 cm³/mol. The van der Waals surface area contributed by atoms with Gasteiger partial charge >= 0.3 is 5.97 Å². The Hall–Kier alpha value is -1.03. The number of benzene rings is 1. The van der Waals surface area contributed by atoms with Gasteiger partial charge in [-0.15, -0.1) is 0 Å². The zero-order chi connectivity index (χ0) is 13.4. The van der Waals surface area contributed by atoms with Gasteiger partial charge in [0, 0.05) is 10.2 Å². The van der Waals surface area contributed by atoms with Crippen LogP contribution in [0.2, 0.25) is 0 Å². The Kier molecular flexibility index (Phi) is 3.41. The maximum atomic E-state index is 11.8. The van der Waals surface area contributed by atoms with Gasteiger partial charge in [-0.2, -0.15) is 0 Å². The molecule has 1 atom stereocenters. The second kappa shape index (κ2) is 4.57. The van der Waals surface area contributed by atoms with Crippen LogP contribution >= 0.6 is 15.9 Å². The van der Waals surface area contributed by atoms with Crippen molar-refractivity contribution in [3.63, 3.8) is 0 Å². The van der Waals surface area contributed by atoms with E-state index in [9.17, 15) is 9.90 Å². The maximum absolute atomic E-state index is 11.8. The van der Waals surface area contributed by atoms with Gasteiger partial charge in [-0.25, -0.2) is 4.79 Å². The van der Waals surface area contributed by atoms with Gasteiger partial charge in [-0.1, -0.05) is 35.8 Å². The van der Waals surface area contributed by atoms with Gasteiger partial charge in [0.05, 0.1) is 0 Å². The largest absolute Gasteiger partial charge is 0.479 e. The van der Waals surface area contributed by atoms with Crippen molar-refractivity contribution >= 4 is 27.6 Å². The fourth-order valence-electron chi connectivity index (χ4n) is 2.84. The van der Waals surface area contributed by atoms with Gasteiger partial charge in [0.1, 0.15) is 5.54 Å². The summed E-state index contributed by atoms with van der Waals surface area (Å²) in [6.07, 6.45) is 2.54. The summed E-state index contributed by atoms with van der Waals surface area (Å²) in [6, 6.07) is 7.66. The molecule has 0 spiro atoms. The molecular formula is C14H18BrNO2. The van der Waals surface area contributed by atoms with Gasteiger partial charge in [-0.3, -0.25) is 0 Å². The first-order chi connectivity index (χ1) is 8.37. The van der Waals surface area contributed by atoms with Crippen molar-refractivity contribution in [1.29, 1.82) is 0 Å². The number of aliphatic carboxylic acids is 1. The average Bonchev–Trinajstić information content (AvgIpc) is 2.55. The van der Waals surface area contributed by atoms with Crippen molar-refractivity contribution in [3.8, 4) is 0 Å². The van der Waals surface area contributed by atoms with Gasteiger partial charge in [0.2, 0.25) is 0 Å². The molecule has 0 aromatic heterocycles. The molecule has 2 N–H and O–H groups in total. The quantitative estimate of drug-likeness (QED) is 0.890. The summed E-state index contributed by atoms with van der Waals surface area (Å²) in [5, 5.41) is 12.9. The van der Waals surface area contributed by atoms with E-state index in [4.69, 9.17) is 0 Å². The summed E-state index contributed by atoms with van der Waals surface area (Å²) in [5.41, 5.74) is -0.267. The highest BCUT2D eigenvalue weighted by molar-refractivity contribution is 9.10. The fourth-order valence-corrected chi connectivity index (χ4v) is 3.24. The molecule has 4 heteroatoms. The Morgan fingerprint density at radius 2 is 2.11 bits per heavy atom. The SMILES string of the molecule is CC1(C)CCCC1(Nc1cccc(Br)c1)C(=O)O. The highest BCUT2D eigenvalue weighted by Gasteiger charge is 2.54. The standard InChI is InChI=1S/C14H18BrNO2/c1-13(2)7-4-8-14(13,12(17)18)16-11-6-3-5-10(15)9-11/h3,5-6,9,16H,4,7-8H2,1-2H3,(H,17,18). The molecule has 1 aliphatic carbocycles. The van der Waals surface area contributed by atoms with E-state index in [-0.39, 0.29) is 5.41 Å². The second-order valence-corrected chi connectivity index (χ2v) is 6.50. The number of nitrogens with one attached hydrogen (secondary N) is 1. The number of carbonyl (C=O) groups is 1. The lowest BCUT2D eigenvalue weighted by Crippen LogP contribution is -2.53. The van der Waals surface area contributed by atoms with Crippen LogP contribution in [0.3, 0.4) is 0 Å². The minimum absolute atomic E-state index is 0.249. The van der Waals surface area contributed by atoms with Crippen LogP contribution in [0, 0.1) is 5.41 Å². The Bertz CT molecular complexity index is 473. The highest BCUT2D eigenvalue weighted by Crippen LogP contribution is 2.48. The number of carboxylic acid groups (broad SMARTS) is 1. The average molecular weight is 312 g/mol. The topological polar surface area (TPSA) is 49.3 Å². The third-order valence-corrected chi connectivity index (χ3v) is 4.55. The highest BCUT2D eigenvalue weighted by atomic mass is 79.9. The molecule has 1 aliphatic rings. The van der Waals surface area contributed by atoms with E-state index in [1.54, 1.807) is 0 Å². The Morgan fingerprint density at radius 1 is 1.39 bits per heavy atom. The number of halogens is 1. The molecule has 2 rings (SSSR count). The molecule has 3 nitrogen and oxygen atoms in total. The summed E-state index contributed by atoms with van der Waals surface area (Å²) in [5.74, 6) is -0.759. The first-order valence-electron chi connectivity index (χ1n) is 6.15. The van der Waals surface area contributed by atoms with E-state index >= 15 is 0 Å². The van der Waals surface area contributed by atoms with Crippen LogP contribution < -0.4 is 5.32 Å². The third-order valence-electron chi connectivity index (χ3n) is 4.06. The van der Waals surface area contributed by atoms with Crippen molar-refractivity contribution in [3.05, 3.63) is 28.7 Å². The van der Waals surface area contributed by atoms with Crippen LogP contribution in [0.25, 0.3) is 0 Å². The van der Waals surface area contributed by atoms with Crippen LogP contribution in [0.15, 0.2) is 28.7 Å². The molecule has 98 valence electrons. The molecular weight excluding hydrogens is 294 g/mol. The molecule has 1 fully saturated rings. The fraction of sp³-hybridized carbons (Fsp3) is 0.500. The molecule has 1 unspecified atom stereocenters. The van der Waals surface area contributed by atoms with Crippen LogP contribution in [0.4, 0.5) is 5.69 Å². The number of carboxylic acids is 1. The number of hydrogen-bond donors (Lipinski definition) is 2. The Morgan fingerprint density at radius 3 is 2.61 bits per heavy atom. The maximum Gasteiger partial charge on any atom is 0.329 e. The summed E-state index contributed by atoms with van der Waals surface area (Å²) >= 11 is 3.41. The van der Waals surface area contributed by atoms with Crippen LogP contribution in [-0.4, -0.2) is 16.6 Å². The van der Waals surface area contributed by atoms with Crippen LogP contribution in [-0.2, 0) is 4.79 Å². The zero-order valence-electron chi connectivity index (χ0n) is 10.7. The lowest BCUT2D eigenvalue weighted by atomic mass is 9.74. The molecule has 1 saturated carbocycles. The third kappa shape index (κ3) is 2.14. The number of rotatable bonds is 3. The van der Waals surface area contributed by atoms with E-state index in [0.29, 0.717) is 6.42 Å². The molecule has 0 bridgehead atoms. The smallest absolute Gasteiger partial charge is 0.329 e. The molecule has 0 radical (unpaired) electrons. The van der Waals surface area contributed by atoms with Crippen molar-refractivity contribution < 1.29 is 9.90 Å². The lowest BCUT2D eigenvalue weighted by molar-refractivity contribution is -0.145. The van der Waals surface area contributed by atoms with Gasteiger partial charge < -0.3 is 10.4 Å². The summed E-state index contributed by atoms with van der Waals surface area (Å²) in [4.78, 5) is 11.8. The molecule has 1 aromatic rings. The minimum atomic E-state index is -0.867. The first kappa shape index (κ1) is 13.4. The summed E-state index contributed by atoms with van der Waals surface area (Å²) in [7, 11) is 0. The minimum Gasteiger partial charge on any atom is -0.479 e. The van der Waals surface area contributed by atoms with Gasteiger partial charge in [0.25, 0.3) is 0 Å². The molecule has 0 heterocycles. The van der Waals surface area contributed by atoms with E-state index in [0.717, 1.165) is 23.0 Å². The summed E-state index contributed by atoms with van der Waals surface area (Å²) < 4.78 is 0.948. The molecule has 0 aliphatic heterocycles. The second-order valence-electron chi connectivity index (χ2n) is 5.58.